The minimum absolute atomic E-state index is 0.0636. The van der Waals surface area contributed by atoms with E-state index in [2.05, 4.69) is 72.1 Å². The van der Waals surface area contributed by atoms with Crippen molar-refractivity contribution < 1.29 is 14.3 Å². The Morgan fingerprint density at radius 1 is 1.00 bits per heavy atom. The molecule has 2 aromatic carbocycles. The number of anilines is 2. The van der Waals surface area contributed by atoms with Gasteiger partial charge in [0.2, 0.25) is 5.91 Å². The maximum Gasteiger partial charge on any atom is 0.250 e. The van der Waals surface area contributed by atoms with E-state index < -0.39 is 0 Å². The van der Waals surface area contributed by atoms with Gasteiger partial charge in [-0.3, -0.25) is 9.78 Å². The number of hydrogen-bond donors (Lipinski definition) is 2. The molecule has 1 fully saturated rings. The normalized spacial score (nSPS) is 16.5. The van der Waals surface area contributed by atoms with Gasteiger partial charge in [-0.05, 0) is 105 Å². The van der Waals surface area contributed by atoms with E-state index in [0.29, 0.717) is 16.5 Å². The van der Waals surface area contributed by atoms with Crippen LogP contribution in [0.1, 0.15) is 45.9 Å². The predicted octanol–water partition coefficient (Wildman–Crippen LogP) is 5.88. The molecule has 0 bridgehead atoms. The Bertz CT molecular complexity index is 1580. The molecule has 0 aliphatic carbocycles. The van der Waals surface area contributed by atoms with Gasteiger partial charge in [-0.25, -0.2) is 0 Å². The summed E-state index contributed by atoms with van der Waals surface area (Å²) in [6, 6.07) is 20.0. The number of carbonyl (C=O) groups excluding carboxylic acids is 1. The van der Waals surface area contributed by atoms with Crippen molar-refractivity contribution in [3.63, 3.8) is 0 Å². The Morgan fingerprint density at radius 2 is 1.76 bits per heavy atom. The topological polar surface area (TPSA) is 80.7 Å². The molecular weight excluding hydrogens is 534 g/mol. The molecule has 2 N–H and O–H groups in total. The molecule has 212 valence electrons. The van der Waals surface area contributed by atoms with Crippen molar-refractivity contribution in [2.45, 2.75) is 39.8 Å². The van der Waals surface area contributed by atoms with Gasteiger partial charge in [0.25, 0.3) is 0 Å². The lowest BCUT2D eigenvalue weighted by atomic mass is 9.96. The summed E-state index contributed by atoms with van der Waals surface area (Å²) in [5.74, 6) is 0.270. The quantitative estimate of drug-likeness (QED) is 0.257. The number of thiocarbonyl (C=S) groups is 1. The van der Waals surface area contributed by atoms with Crippen molar-refractivity contribution >= 4 is 34.6 Å². The van der Waals surface area contributed by atoms with Crippen LogP contribution in [0, 0.1) is 27.7 Å². The molecule has 2 atom stereocenters. The van der Waals surface area contributed by atoms with Gasteiger partial charge in [-0.1, -0.05) is 12.1 Å². The first-order valence-corrected chi connectivity index (χ1v) is 13.9. The number of rotatable bonds is 8. The van der Waals surface area contributed by atoms with Crippen LogP contribution in [0.25, 0.3) is 5.69 Å². The first kappa shape index (κ1) is 28.3. The van der Waals surface area contributed by atoms with Gasteiger partial charge >= 0.3 is 0 Å². The van der Waals surface area contributed by atoms with Crippen molar-refractivity contribution in [3.8, 4) is 11.4 Å². The number of pyridine rings is 1. The molecule has 1 aliphatic heterocycles. The van der Waals surface area contributed by atoms with Crippen LogP contribution in [0.4, 0.5) is 11.4 Å². The SMILES string of the molecule is COCC(=O)Nc1cc(N2C(=S)NC(c3ccccn3)C2c2cc(C)n(-c3cc(C)cc(C)c3)c2C)ccc1OC. The fraction of sp³-hybridized carbons (Fsp3) is 0.281. The highest BCUT2D eigenvalue weighted by molar-refractivity contribution is 7.80. The standard InChI is InChI=1S/C32H35N5O3S/c1-19-13-20(2)15-24(14-19)36-21(3)16-25(22(36)4)31-30(26-9-7-8-12-33-26)35-32(41)37(31)23-10-11-28(40-6)27(17-23)34-29(38)18-39-5/h7-17,30-31H,18H2,1-6H3,(H,34,38)(H,35,41). The molecule has 0 spiro atoms. The molecule has 1 amide bonds. The van der Waals surface area contributed by atoms with E-state index in [4.69, 9.17) is 26.7 Å². The average molecular weight is 570 g/mol. The van der Waals surface area contributed by atoms with E-state index in [0.717, 1.165) is 34.0 Å². The zero-order valence-corrected chi connectivity index (χ0v) is 25.0. The van der Waals surface area contributed by atoms with Crippen molar-refractivity contribution in [3.05, 3.63) is 101 Å². The maximum atomic E-state index is 12.4. The third-order valence-electron chi connectivity index (χ3n) is 7.36. The van der Waals surface area contributed by atoms with Crippen molar-refractivity contribution in [2.24, 2.45) is 0 Å². The number of carbonyl (C=O) groups is 1. The molecule has 4 aromatic rings. The fourth-order valence-electron chi connectivity index (χ4n) is 5.77. The van der Waals surface area contributed by atoms with E-state index in [1.54, 1.807) is 13.3 Å². The Labute approximate surface area is 246 Å². The number of methoxy groups -OCH3 is 2. The van der Waals surface area contributed by atoms with E-state index in [1.165, 1.54) is 18.2 Å². The third-order valence-corrected chi connectivity index (χ3v) is 7.68. The molecule has 8 nitrogen and oxygen atoms in total. The number of aryl methyl sites for hydroxylation is 3. The second-order valence-corrected chi connectivity index (χ2v) is 10.8. The van der Waals surface area contributed by atoms with Crippen LogP contribution in [0.3, 0.4) is 0 Å². The van der Waals surface area contributed by atoms with E-state index >= 15 is 0 Å². The molecule has 3 heterocycles. The van der Waals surface area contributed by atoms with Crippen LogP contribution in [0.15, 0.2) is 66.9 Å². The molecule has 0 radical (unpaired) electrons. The molecule has 9 heteroatoms. The summed E-state index contributed by atoms with van der Waals surface area (Å²) in [6.45, 7) is 8.46. The smallest absolute Gasteiger partial charge is 0.250 e. The molecular formula is C32H35N5O3S. The Morgan fingerprint density at radius 3 is 2.41 bits per heavy atom. The van der Waals surface area contributed by atoms with Crippen LogP contribution in [-0.4, -0.2) is 41.4 Å². The monoisotopic (exact) mass is 569 g/mol. The van der Waals surface area contributed by atoms with Crippen LogP contribution < -0.4 is 20.3 Å². The Hall–Kier alpha value is -4.21. The van der Waals surface area contributed by atoms with Crippen LogP contribution >= 0.6 is 12.2 Å². The van der Waals surface area contributed by atoms with Crippen LogP contribution in [-0.2, 0) is 9.53 Å². The molecule has 5 rings (SSSR count). The van der Waals surface area contributed by atoms with Gasteiger partial charge in [-0.2, -0.15) is 0 Å². The van der Waals surface area contributed by atoms with E-state index in [-0.39, 0.29) is 24.6 Å². The molecule has 0 saturated carbocycles. The van der Waals surface area contributed by atoms with Gasteiger partial charge < -0.3 is 29.6 Å². The average Bonchev–Trinajstić information content (AvgIpc) is 3.43. The van der Waals surface area contributed by atoms with Gasteiger partial charge in [0, 0.05) is 36.1 Å². The first-order valence-electron chi connectivity index (χ1n) is 13.5. The number of amides is 1. The molecule has 1 aliphatic rings. The molecule has 2 unspecified atom stereocenters. The van der Waals surface area contributed by atoms with Crippen molar-refractivity contribution in [1.29, 1.82) is 0 Å². The number of aromatic nitrogens is 2. The summed E-state index contributed by atoms with van der Waals surface area (Å²) >= 11 is 5.96. The Balaban J connectivity index is 1.66. The van der Waals surface area contributed by atoms with Crippen LogP contribution in [0.2, 0.25) is 0 Å². The summed E-state index contributed by atoms with van der Waals surface area (Å²) in [6.07, 6.45) is 1.80. The lowest BCUT2D eigenvalue weighted by Crippen LogP contribution is -2.29. The van der Waals surface area contributed by atoms with Gasteiger partial charge in [0.15, 0.2) is 5.11 Å². The number of nitrogens with one attached hydrogen (secondary N) is 2. The summed E-state index contributed by atoms with van der Waals surface area (Å²) < 4.78 is 12.9. The largest absolute Gasteiger partial charge is 0.495 e. The van der Waals surface area contributed by atoms with Gasteiger partial charge in [-0.15, -0.1) is 0 Å². The number of ether oxygens (including phenoxy) is 2. The van der Waals surface area contributed by atoms with Crippen molar-refractivity contribution in [2.75, 3.05) is 31.0 Å². The van der Waals surface area contributed by atoms with Gasteiger partial charge in [0.1, 0.15) is 12.4 Å². The lowest BCUT2D eigenvalue weighted by Gasteiger charge is -2.29. The molecule has 41 heavy (non-hydrogen) atoms. The fourth-order valence-corrected chi connectivity index (χ4v) is 6.12. The Kier molecular flexibility index (Phi) is 8.10. The van der Waals surface area contributed by atoms with E-state index in [9.17, 15) is 4.79 Å². The highest BCUT2D eigenvalue weighted by Crippen LogP contribution is 2.45. The number of hydrogen-bond acceptors (Lipinski definition) is 5. The van der Waals surface area contributed by atoms with Gasteiger partial charge in [0.05, 0.1) is 30.6 Å². The second kappa shape index (κ2) is 11.7. The minimum atomic E-state index is -0.273. The number of nitrogens with zero attached hydrogens (tertiary/aromatic N) is 3. The molecule has 1 saturated heterocycles. The summed E-state index contributed by atoms with van der Waals surface area (Å²) in [5.41, 5.74) is 9.18. The first-order chi connectivity index (χ1) is 19.7. The molecule has 2 aromatic heterocycles. The minimum Gasteiger partial charge on any atom is -0.495 e. The number of benzene rings is 2. The van der Waals surface area contributed by atoms with Crippen LogP contribution in [0.5, 0.6) is 5.75 Å². The zero-order chi connectivity index (χ0) is 29.3. The zero-order valence-electron chi connectivity index (χ0n) is 24.2. The predicted molar refractivity (Wildman–Crippen MR) is 166 cm³/mol. The summed E-state index contributed by atoms with van der Waals surface area (Å²) in [5, 5.41) is 7.01. The second-order valence-electron chi connectivity index (χ2n) is 10.4. The summed E-state index contributed by atoms with van der Waals surface area (Å²) in [7, 11) is 3.06. The summed E-state index contributed by atoms with van der Waals surface area (Å²) in [4.78, 5) is 19.2. The third kappa shape index (κ3) is 5.55. The van der Waals surface area contributed by atoms with Crippen molar-refractivity contribution in [1.82, 2.24) is 14.9 Å². The lowest BCUT2D eigenvalue weighted by molar-refractivity contribution is -0.119. The maximum absolute atomic E-state index is 12.4. The highest BCUT2D eigenvalue weighted by Gasteiger charge is 2.42. The highest BCUT2D eigenvalue weighted by atomic mass is 32.1. The van der Waals surface area contributed by atoms with E-state index in [1.807, 2.05) is 36.4 Å².